The van der Waals surface area contributed by atoms with Crippen LogP contribution in [0.25, 0.3) is 33.3 Å². The van der Waals surface area contributed by atoms with Crippen LogP contribution in [0.15, 0.2) is 47.3 Å². The van der Waals surface area contributed by atoms with E-state index in [0.29, 0.717) is 44.2 Å². The monoisotopic (exact) mass is 471 g/mol. The second-order valence-corrected chi connectivity index (χ2v) is 9.93. The molecule has 4 aromatic rings. The summed E-state index contributed by atoms with van der Waals surface area (Å²) in [6.45, 7) is 3.77. The lowest BCUT2D eigenvalue weighted by Gasteiger charge is -2.46. The molecule has 2 saturated heterocycles. The van der Waals surface area contributed by atoms with Gasteiger partial charge in [-0.3, -0.25) is 9.28 Å². The van der Waals surface area contributed by atoms with Gasteiger partial charge < -0.3 is 21.0 Å². The van der Waals surface area contributed by atoms with E-state index in [1.165, 1.54) is 6.42 Å². The van der Waals surface area contributed by atoms with Crippen LogP contribution in [0.3, 0.4) is 0 Å². The summed E-state index contributed by atoms with van der Waals surface area (Å²) in [7, 11) is 0. The molecule has 2 aromatic carbocycles. The maximum Gasteiger partial charge on any atom is 0.346 e. The highest BCUT2D eigenvalue weighted by Gasteiger charge is 2.45. The van der Waals surface area contributed by atoms with Crippen molar-refractivity contribution in [2.45, 2.75) is 38.1 Å². The molecule has 0 atom stereocenters. The zero-order valence-corrected chi connectivity index (χ0v) is 19.8. The number of benzene rings is 2. The number of rotatable bonds is 3. The number of carbonyl (C=O) groups excluding carboxylic acids is 1. The third-order valence-corrected chi connectivity index (χ3v) is 7.96. The number of nitrogens with two attached hydrogens (primary N) is 1. The van der Waals surface area contributed by atoms with Crippen LogP contribution in [-0.2, 0) is 0 Å². The fourth-order valence-corrected chi connectivity index (χ4v) is 6.13. The van der Waals surface area contributed by atoms with Gasteiger partial charge in [0.25, 0.3) is 5.56 Å². The molecule has 0 saturated carbocycles. The van der Waals surface area contributed by atoms with Crippen molar-refractivity contribution in [1.29, 1.82) is 0 Å². The third-order valence-electron chi connectivity index (χ3n) is 7.96. The highest BCUT2D eigenvalue weighted by atomic mass is 16.2. The smallest absolute Gasteiger partial charge is 0.346 e. The van der Waals surface area contributed by atoms with Gasteiger partial charge in [-0.15, -0.1) is 0 Å². The van der Waals surface area contributed by atoms with E-state index in [1.54, 1.807) is 0 Å². The largest absolute Gasteiger partial charge is 0.397 e. The molecule has 35 heavy (non-hydrogen) atoms. The first-order chi connectivity index (χ1) is 17.1. The lowest BCUT2D eigenvalue weighted by atomic mass is 9.94. The Morgan fingerprint density at radius 2 is 1.74 bits per heavy atom. The number of nitrogen functional groups attached to an aromatic ring is 1. The molecule has 5 N–H and O–H groups in total. The average molecular weight is 472 g/mol. The first-order valence-electron chi connectivity index (χ1n) is 12.6. The number of aromatic nitrogens is 3. The standard InChI is InChI=1S/C27H30N6O2/c28-24-19-6-2-3-7-20(19)32-26(34)23(24)25-30-21-9-8-17(16-22(21)31-25)27(35)33(14-4-1-5-15-33)18-10-12-29-13-11-18/h2-3,6-9,16,18,29H,1,4-5,10-15H2,(H3-,28,30,31,32,34,35)/p+1. The Kier molecular flexibility index (Phi) is 5.42. The SMILES string of the molecule is Nc1c(-c2nc3cc(C(=O)[N+]4(C5CCNCC5)CCCCC4)ccc3[nH]2)c(=O)[nH]c2ccccc12. The number of anilines is 1. The Morgan fingerprint density at radius 1 is 0.971 bits per heavy atom. The summed E-state index contributed by atoms with van der Waals surface area (Å²) in [6, 6.07) is 13.5. The fraction of sp³-hybridized carbons (Fsp3) is 0.370. The number of nitrogens with zero attached hydrogens (tertiary/aromatic N) is 2. The number of likely N-dealkylation sites (tertiary alicyclic amines) is 1. The van der Waals surface area contributed by atoms with E-state index in [2.05, 4.69) is 15.3 Å². The number of quaternary nitrogens is 1. The quantitative estimate of drug-likeness (QED) is 0.341. The minimum absolute atomic E-state index is 0.200. The topological polar surface area (TPSA) is 117 Å². The Balaban J connectivity index is 1.40. The van der Waals surface area contributed by atoms with Gasteiger partial charge in [-0.05, 0) is 43.5 Å². The second kappa shape index (κ2) is 8.62. The highest BCUT2D eigenvalue weighted by Crippen LogP contribution is 2.32. The van der Waals surface area contributed by atoms with E-state index in [0.717, 1.165) is 62.8 Å². The van der Waals surface area contributed by atoms with E-state index >= 15 is 0 Å². The van der Waals surface area contributed by atoms with E-state index in [4.69, 9.17) is 10.7 Å². The molecule has 8 nitrogen and oxygen atoms in total. The molecule has 0 aliphatic carbocycles. The summed E-state index contributed by atoms with van der Waals surface area (Å²) in [5, 5.41) is 4.21. The van der Waals surface area contributed by atoms with Crippen molar-refractivity contribution in [3.05, 3.63) is 58.4 Å². The Bertz CT molecular complexity index is 1470. The van der Waals surface area contributed by atoms with Crippen molar-refractivity contribution < 1.29 is 9.28 Å². The molecule has 0 radical (unpaired) electrons. The highest BCUT2D eigenvalue weighted by molar-refractivity contribution is 5.98. The van der Waals surface area contributed by atoms with E-state index < -0.39 is 0 Å². The number of para-hydroxylation sites is 1. The van der Waals surface area contributed by atoms with Gasteiger partial charge in [-0.1, -0.05) is 18.2 Å². The number of carbonyl (C=O) groups is 1. The zero-order chi connectivity index (χ0) is 24.0. The van der Waals surface area contributed by atoms with Gasteiger partial charge in [-0.2, -0.15) is 0 Å². The predicted octanol–water partition coefficient (Wildman–Crippen LogP) is 3.55. The molecule has 2 aromatic heterocycles. The molecular weight excluding hydrogens is 440 g/mol. The minimum Gasteiger partial charge on any atom is -0.397 e. The van der Waals surface area contributed by atoms with Crippen molar-refractivity contribution in [2.24, 2.45) is 0 Å². The molecule has 8 heteroatoms. The van der Waals surface area contributed by atoms with E-state index in [1.807, 2.05) is 42.5 Å². The molecule has 2 aliphatic heterocycles. The maximum atomic E-state index is 14.0. The minimum atomic E-state index is -0.291. The van der Waals surface area contributed by atoms with Crippen LogP contribution >= 0.6 is 0 Å². The van der Waals surface area contributed by atoms with Crippen LogP contribution in [-0.4, -0.2) is 57.6 Å². The lowest BCUT2D eigenvalue weighted by molar-refractivity contribution is -0.880. The fourth-order valence-electron chi connectivity index (χ4n) is 6.13. The Hall–Kier alpha value is -3.49. The van der Waals surface area contributed by atoms with Gasteiger partial charge in [-0.25, -0.2) is 9.78 Å². The van der Waals surface area contributed by atoms with Crippen LogP contribution in [0.2, 0.25) is 0 Å². The lowest BCUT2D eigenvalue weighted by Crippen LogP contribution is -2.63. The molecule has 2 aliphatic rings. The first-order valence-corrected chi connectivity index (χ1v) is 12.6. The predicted molar refractivity (Wildman–Crippen MR) is 138 cm³/mol. The maximum absolute atomic E-state index is 14.0. The molecule has 0 spiro atoms. The van der Waals surface area contributed by atoms with Crippen molar-refractivity contribution >= 4 is 33.5 Å². The first kappa shape index (κ1) is 22.0. The van der Waals surface area contributed by atoms with Crippen molar-refractivity contribution in [3.63, 3.8) is 0 Å². The summed E-state index contributed by atoms with van der Waals surface area (Å²) in [4.78, 5) is 37.8. The van der Waals surface area contributed by atoms with Gasteiger partial charge >= 0.3 is 5.91 Å². The number of H-pyrrole nitrogens is 2. The number of pyridine rings is 1. The number of piperidine rings is 2. The summed E-state index contributed by atoms with van der Waals surface area (Å²) < 4.78 is 0.557. The number of hydrogen-bond donors (Lipinski definition) is 4. The number of aromatic amines is 2. The Labute approximate surface area is 203 Å². The normalized spacial score (nSPS) is 18.7. The molecule has 4 heterocycles. The molecular formula is C27H31N6O2+. The summed E-state index contributed by atoms with van der Waals surface area (Å²) >= 11 is 0. The van der Waals surface area contributed by atoms with E-state index in [9.17, 15) is 9.59 Å². The van der Waals surface area contributed by atoms with Gasteiger partial charge in [0, 0.05) is 31.3 Å². The van der Waals surface area contributed by atoms with Crippen molar-refractivity contribution in [3.8, 4) is 11.4 Å². The third kappa shape index (κ3) is 3.64. The summed E-state index contributed by atoms with van der Waals surface area (Å²) in [5.41, 5.74) is 9.65. The second-order valence-electron chi connectivity index (χ2n) is 9.93. The van der Waals surface area contributed by atoms with Gasteiger partial charge in [0.1, 0.15) is 11.4 Å². The molecule has 2 fully saturated rings. The summed E-state index contributed by atoms with van der Waals surface area (Å²) in [5.74, 6) is 0.612. The van der Waals surface area contributed by atoms with Crippen molar-refractivity contribution in [1.82, 2.24) is 20.3 Å². The van der Waals surface area contributed by atoms with Gasteiger partial charge in [0.05, 0.1) is 46.9 Å². The van der Waals surface area contributed by atoms with Gasteiger partial charge in [0.15, 0.2) is 0 Å². The molecule has 180 valence electrons. The summed E-state index contributed by atoms with van der Waals surface area (Å²) in [6.07, 6.45) is 5.44. The number of amides is 1. The van der Waals surface area contributed by atoms with Crippen molar-refractivity contribution in [2.75, 3.05) is 31.9 Å². The van der Waals surface area contributed by atoms with Crippen LogP contribution < -0.4 is 16.6 Å². The number of hydrogen-bond acceptors (Lipinski definition) is 5. The Morgan fingerprint density at radius 3 is 2.54 bits per heavy atom. The van der Waals surface area contributed by atoms with Crippen LogP contribution in [0.1, 0.15) is 42.5 Å². The van der Waals surface area contributed by atoms with Gasteiger partial charge in [0.2, 0.25) is 0 Å². The van der Waals surface area contributed by atoms with Crippen LogP contribution in [0.4, 0.5) is 5.69 Å². The number of imidazole rings is 1. The molecule has 1 amide bonds. The zero-order valence-electron chi connectivity index (χ0n) is 19.8. The number of nitrogens with one attached hydrogen (secondary N) is 3. The van der Waals surface area contributed by atoms with Crippen LogP contribution in [0, 0.1) is 0 Å². The molecule has 0 bridgehead atoms. The average Bonchev–Trinajstić information content (AvgIpc) is 3.32. The van der Waals surface area contributed by atoms with E-state index in [-0.39, 0.29) is 11.5 Å². The van der Waals surface area contributed by atoms with Crippen LogP contribution in [0.5, 0.6) is 0 Å². The molecule has 0 unspecified atom stereocenters. The number of fused-ring (bicyclic) bond motifs is 2. The molecule has 6 rings (SSSR count).